The molecular weight excluding hydrogens is 450 g/mol. The predicted molar refractivity (Wildman–Crippen MR) is 139 cm³/mol. The lowest BCUT2D eigenvalue weighted by molar-refractivity contribution is 0.134. The molecule has 1 N–H and O–H groups in total. The Morgan fingerprint density at radius 3 is 2.92 bits per heavy atom. The average Bonchev–Trinajstić information content (AvgIpc) is 3.45. The minimum atomic E-state index is 0.137. The van der Waals surface area contributed by atoms with Gasteiger partial charge >= 0.3 is 6.03 Å². The smallest absolute Gasteiger partial charge is 0.324 e. The van der Waals surface area contributed by atoms with Gasteiger partial charge in [0.25, 0.3) is 0 Å². The van der Waals surface area contributed by atoms with E-state index in [9.17, 15) is 10.1 Å². The van der Waals surface area contributed by atoms with Crippen LogP contribution in [0.3, 0.4) is 0 Å². The zero-order valence-electron chi connectivity index (χ0n) is 20.4. The number of nitrogens with one attached hydrogen (secondary N) is 1. The fourth-order valence-corrected chi connectivity index (χ4v) is 6.64. The van der Waals surface area contributed by atoms with Crippen molar-refractivity contribution in [1.29, 1.82) is 5.26 Å². The van der Waals surface area contributed by atoms with Crippen LogP contribution in [0, 0.1) is 11.3 Å². The maximum Gasteiger partial charge on any atom is 0.324 e. The van der Waals surface area contributed by atoms with Gasteiger partial charge in [0, 0.05) is 74.8 Å². The molecule has 4 aliphatic heterocycles. The molecule has 3 unspecified atom stereocenters. The van der Waals surface area contributed by atoms with Gasteiger partial charge in [0.05, 0.1) is 23.2 Å². The van der Waals surface area contributed by atoms with Gasteiger partial charge in [-0.3, -0.25) is 14.8 Å². The number of fused-ring (bicyclic) bond motifs is 5. The molecule has 8 nitrogen and oxygen atoms in total. The van der Waals surface area contributed by atoms with Crippen LogP contribution in [0.1, 0.15) is 29.7 Å². The Bertz CT molecular complexity index is 1410. The van der Waals surface area contributed by atoms with Gasteiger partial charge in [0.15, 0.2) is 0 Å². The molecule has 8 heteroatoms. The zero-order valence-corrected chi connectivity index (χ0v) is 20.4. The lowest BCUT2D eigenvalue weighted by atomic mass is 9.99. The number of carbonyl (C=O) groups is 1. The lowest BCUT2D eigenvalue weighted by Crippen LogP contribution is -2.51. The molecule has 0 bridgehead atoms. The van der Waals surface area contributed by atoms with Crippen LogP contribution in [-0.2, 0) is 6.54 Å². The molecule has 2 aromatic carbocycles. The summed E-state index contributed by atoms with van der Waals surface area (Å²) >= 11 is 0. The van der Waals surface area contributed by atoms with E-state index in [1.807, 2.05) is 21.9 Å². The van der Waals surface area contributed by atoms with Crippen molar-refractivity contribution in [2.75, 3.05) is 49.1 Å². The van der Waals surface area contributed by atoms with Gasteiger partial charge in [-0.05, 0) is 54.4 Å². The molecule has 0 saturated carbocycles. The highest BCUT2D eigenvalue weighted by Crippen LogP contribution is 2.42. The van der Waals surface area contributed by atoms with E-state index in [1.54, 1.807) is 6.20 Å². The Morgan fingerprint density at radius 2 is 2.06 bits per heavy atom. The van der Waals surface area contributed by atoms with E-state index in [0.717, 1.165) is 68.1 Å². The van der Waals surface area contributed by atoms with Gasteiger partial charge in [-0.25, -0.2) is 4.79 Å². The highest BCUT2D eigenvalue weighted by Gasteiger charge is 2.42. The number of carbonyl (C=O) groups excluding carboxylic acids is 1. The Labute approximate surface area is 210 Å². The quantitative estimate of drug-likeness (QED) is 0.609. The average molecular weight is 480 g/mol. The molecular formula is C28H29N7O. The molecule has 182 valence electrons. The highest BCUT2D eigenvalue weighted by atomic mass is 16.2. The van der Waals surface area contributed by atoms with Crippen LogP contribution >= 0.6 is 0 Å². The third-order valence-corrected chi connectivity index (χ3v) is 8.42. The molecule has 7 rings (SSSR count). The highest BCUT2D eigenvalue weighted by molar-refractivity contribution is 5.96. The van der Waals surface area contributed by atoms with Crippen molar-refractivity contribution in [3.8, 4) is 6.07 Å². The molecule has 1 aromatic heterocycles. The molecule has 4 aliphatic rings. The molecule has 3 saturated heterocycles. The molecule has 2 amide bonds. The van der Waals surface area contributed by atoms with Crippen molar-refractivity contribution in [3.05, 3.63) is 65.4 Å². The number of anilines is 2. The monoisotopic (exact) mass is 479 g/mol. The maximum atomic E-state index is 13.1. The van der Waals surface area contributed by atoms with Crippen molar-refractivity contribution in [2.45, 2.75) is 31.6 Å². The first kappa shape index (κ1) is 21.6. The molecule has 0 spiro atoms. The van der Waals surface area contributed by atoms with Gasteiger partial charge in [-0.15, -0.1) is 0 Å². The fraction of sp³-hybridized carbons (Fsp3) is 0.393. The van der Waals surface area contributed by atoms with Crippen LogP contribution in [0.4, 0.5) is 16.2 Å². The fourth-order valence-electron chi connectivity index (χ4n) is 6.64. The van der Waals surface area contributed by atoms with Gasteiger partial charge in [-0.2, -0.15) is 5.26 Å². The summed E-state index contributed by atoms with van der Waals surface area (Å²) in [7, 11) is 0. The maximum absolute atomic E-state index is 13.1. The largest absolute Gasteiger partial charge is 0.368 e. The standard InChI is InChI=1S/C28H29N7O/c1-18-14-32(25-7-4-19(12-29)27-24(25)3-2-8-31-27)17-26-23-6-5-21(11-20(23)15-34(18)26)35-16-22-13-30-9-10-33(22)28(35)36/h2-8,11,18,22,26,30H,9-10,13-17H2,1H3. The van der Waals surface area contributed by atoms with Crippen molar-refractivity contribution >= 4 is 28.3 Å². The van der Waals surface area contributed by atoms with E-state index in [2.05, 4.69) is 63.4 Å². The second-order valence-corrected chi connectivity index (χ2v) is 10.4. The number of hydrogen-bond acceptors (Lipinski definition) is 6. The number of pyridine rings is 1. The summed E-state index contributed by atoms with van der Waals surface area (Å²) in [6.07, 6.45) is 1.76. The summed E-state index contributed by atoms with van der Waals surface area (Å²) < 4.78 is 0. The first-order valence-corrected chi connectivity index (χ1v) is 12.8. The molecule has 3 atom stereocenters. The molecule has 3 aromatic rings. The molecule has 3 fully saturated rings. The van der Waals surface area contributed by atoms with Crippen LogP contribution in [-0.4, -0.2) is 72.2 Å². The Balaban J connectivity index is 1.19. The van der Waals surface area contributed by atoms with E-state index >= 15 is 0 Å². The Morgan fingerprint density at radius 1 is 1.14 bits per heavy atom. The van der Waals surface area contributed by atoms with Crippen LogP contribution < -0.4 is 15.1 Å². The normalized spacial score (nSPS) is 25.6. The minimum Gasteiger partial charge on any atom is -0.368 e. The number of nitrogens with zero attached hydrogens (tertiary/aromatic N) is 6. The lowest BCUT2D eigenvalue weighted by Gasteiger charge is -2.43. The summed E-state index contributed by atoms with van der Waals surface area (Å²) in [5.41, 5.74) is 6.23. The number of urea groups is 1. The van der Waals surface area contributed by atoms with Crippen LogP contribution in [0.25, 0.3) is 10.9 Å². The first-order valence-electron chi connectivity index (χ1n) is 12.8. The number of amides is 2. The minimum absolute atomic E-state index is 0.137. The second kappa shape index (κ2) is 8.19. The van der Waals surface area contributed by atoms with Crippen LogP contribution in [0.15, 0.2) is 48.7 Å². The summed E-state index contributed by atoms with van der Waals surface area (Å²) in [4.78, 5) is 26.6. The topological polar surface area (TPSA) is 78.7 Å². The van der Waals surface area contributed by atoms with E-state index in [4.69, 9.17) is 0 Å². The number of aromatic nitrogens is 1. The summed E-state index contributed by atoms with van der Waals surface area (Å²) in [6, 6.07) is 18.0. The third kappa shape index (κ3) is 3.20. The SMILES string of the molecule is CC1CN(c2ccc(C#N)c3ncccc23)CC2c3ccc(N4CC5CNCCN5C4=O)cc3CN12. The summed E-state index contributed by atoms with van der Waals surface area (Å²) in [5, 5.41) is 14.0. The first-order chi connectivity index (χ1) is 17.6. The Hall–Kier alpha value is -3.67. The van der Waals surface area contributed by atoms with Crippen molar-refractivity contribution in [2.24, 2.45) is 0 Å². The Kier molecular flexibility index (Phi) is 4.91. The van der Waals surface area contributed by atoms with Gasteiger partial charge in [0.1, 0.15) is 6.07 Å². The van der Waals surface area contributed by atoms with Crippen LogP contribution in [0.2, 0.25) is 0 Å². The number of hydrogen-bond donors (Lipinski definition) is 1. The third-order valence-electron chi connectivity index (χ3n) is 8.42. The van der Waals surface area contributed by atoms with Crippen molar-refractivity contribution in [3.63, 3.8) is 0 Å². The molecule has 0 radical (unpaired) electrons. The summed E-state index contributed by atoms with van der Waals surface area (Å²) in [5.74, 6) is 0. The number of rotatable bonds is 2. The van der Waals surface area contributed by atoms with Crippen molar-refractivity contribution in [1.82, 2.24) is 20.1 Å². The number of piperazine rings is 2. The van der Waals surface area contributed by atoms with E-state index in [1.165, 1.54) is 11.1 Å². The molecule has 0 aliphatic carbocycles. The van der Waals surface area contributed by atoms with Crippen LogP contribution in [0.5, 0.6) is 0 Å². The number of benzene rings is 2. The second-order valence-electron chi connectivity index (χ2n) is 10.4. The van der Waals surface area contributed by atoms with Gasteiger partial charge in [-0.1, -0.05) is 6.07 Å². The van der Waals surface area contributed by atoms with E-state index in [-0.39, 0.29) is 12.1 Å². The predicted octanol–water partition coefficient (Wildman–Crippen LogP) is 3.09. The number of nitriles is 1. The van der Waals surface area contributed by atoms with E-state index < -0.39 is 0 Å². The zero-order chi connectivity index (χ0) is 24.4. The molecule has 36 heavy (non-hydrogen) atoms. The van der Waals surface area contributed by atoms with Crippen molar-refractivity contribution < 1.29 is 4.79 Å². The van der Waals surface area contributed by atoms with Gasteiger partial charge in [0.2, 0.25) is 0 Å². The molecule has 5 heterocycles. The van der Waals surface area contributed by atoms with Gasteiger partial charge < -0.3 is 15.1 Å². The summed E-state index contributed by atoms with van der Waals surface area (Å²) in [6.45, 7) is 8.29. The van der Waals surface area contributed by atoms with E-state index in [0.29, 0.717) is 17.6 Å².